The van der Waals surface area contributed by atoms with E-state index >= 15 is 0 Å². The maximum absolute atomic E-state index is 11.1. The average Bonchev–Trinajstić information content (AvgIpc) is 2.53. The van der Waals surface area contributed by atoms with Gasteiger partial charge in [0.2, 0.25) is 0 Å². The van der Waals surface area contributed by atoms with E-state index in [1.54, 1.807) is 23.5 Å². The number of carbonyl (C=O) groups excluding carboxylic acids is 1. The van der Waals surface area contributed by atoms with Crippen LogP contribution in [-0.2, 0) is 11.2 Å². The van der Waals surface area contributed by atoms with E-state index < -0.39 is 0 Å². The summed E-state index contributed by atoms with van der Waals surface area (Å²) in [4.78, 5) is 12.3. The second kappa shape index (κ2) is 4.88. The van der Waals surface area contributed by atoms with E-state index in [2.05, 4.69) is 6.07 Å². The molecule has 0 bridgehead atoms. The molecule has 0 aliphatic rings. The second-order valence-corrected chi connectivity index (χ2v) is 3.58. The molecule has 0 radical (unpaired) electrons. The zero-order chi connectivity index (χ0) is 8.81. The molecular weight excluding hydrogens is 168 g/mol. The Morgan fingerprint density at radius 2 is 2.50 bits per heavy atom. The molecule has 64 valence electrons. The van der Waals surface area contributed by atoms with Gasteiger partial charge in [-0.3, -0.25) is 4.79 Å². The summed E-state index contributed by atoms with van der Waals surface area (Å²) in [7, 11) is 0. The van der Waals surface area contributed by atoms with Crippen LogP contribution in [0.5, 0.6) is 0 Å². The third-order valence-electron chi connectivity index (χ3n) is 1.55. The molecule has 1 heterocycles. The van der Waals surface area contributed by atoms with Crippen molar-refractivity contribution in [2.24, 2.45) is 0 Å². The molecule has 1 aromatic rings. The minimum atomic E-state index is 0.214. The van der Waals surface area contributed by atoms with Crippen molar-refractivity contribution in [3.05, 3.63) is 34.5 Å². The van der Waals surface area contributed by atoms with E-state index in [-0.39, 0.29) is 5.78 Å². The predicted molar refractivity (Wildman–Crippen MR) is 52.5 cm³/mol. The Labute approximate surface area is 76.7 Å². The zero-order valence-electron chi connectivity index (χ0n) is 7.12. The van der Waals surface area contributed by atoms with Gasteiger partial charge in [0, 0.05) is 11.3 Å². The number of aryl methyl sites for hydroxylation is 1. The first-order chi connectivity index (χ1) is 5.83. The van der Waals surface area contributed by atoms with Crippen LogP contribution in [0.4, 0.5) is 0 Å². The van der Waals surface area contributed by atoms with Gasteiger partial charge in [0.25, 0.3) is 0 Å². The molecule has 0 spiro atoms. The maximum atomic E-state index is 11.1. The van der Waals surface area contributed by atoms with Gasteiger partial charge in [-0.15, -0.1) is 11.3 Å². The van der Waals surface area contributed by atoms with Crippen LogP contribution in [0, 0.1) is 0 Å². The molecule has 2 heteroatoms. The van der Waals surface area contributed by atoms with E-state index in [1.165, 1.54) is 4.88 Å². The van der Waals surface area contributed by atoms with Gasteiger partial charge in [-0.25, -0.2) is 0 Å². The Hall–Kier alpha value is -0.890. The largest absolute Gasteiger partial charge is 0.295 e. The highest BCUT2D eigenvalue weighted by atomic mass is 32.1. The number of thiophene rings is 1. The topological polar surface area (TPSA) is 17.1 Å². The van der Waals surface area contributed by atoms with Crippen LogP contribution in [0.1, 0.15) is 18.2 Å². The fraction of sp³-hybridized carbons (Fsp3) is 0.300. The fourth-order valence-electron chi connectivity index (χ4n) is 0.970. The number of carbonyl (C=O) groups is 1. The van der Waals surface area contributed by atoms with Crippen molar-refractivity contribution in [1.29, 1.82) is 0 Å². The van der Waals surface area contributed by atoms with Crippen LogP contribution in [0.25, 0.3) is 0 Å². The highest BCUT2D eigenvalue weighted by Crippen LogP contribution is 2.10. The minimum absolute atomic E-state index is 0.214. The lowest BCUT2D eigenvalue weighted by Gasteiger charge is -1.92. The van der Waals surface area contributed by atoms with Crippen LogP contribution < -0.4 is 0 Å². The molecule has 0 amide bonds. The Morgan fingerprint density at radius 3 is 3.08 bits per heavy atom. The highest BCUT2D eigenvalue weighted by Gasteiger charge is 1.98. The van der Waals surface area contributed by atoms with Crippen molar-refractivity contribution in [3.63, 3.8) is 0 Å². The van der Waals surface area contributed by atoms with Crippen LogP contribution in [0.15, 0.2) is 29.7 Å². The summed E-state index contributed by atoms with van der Waals surface area (Å²) in [5, 5.41) is 2.04. The van der Waals surface area contributed by atoms with Gasteiger partial charge < -0.3 is 0 Å². The lowest BCUT2D eigenvalue weighted by Crippen LogP contribution is -1.93. The molecule has 0 saturated carbocycles. The monoisotopic (exact) mass is 180 g/mol. The number of ketones is 1. The van der Waals surface area contributed by atoms with Crippen LogP contribution >= 0.6 is 11.3 Å². The fourth-order valence-corrected chi connectivity index (χ4v) is 1.68. The van der Waals surface area contributed by atoms with Gasteiger partial charge >= 0.3 is 0 Å². The van der Waals surface area contributed by atoms with Crippen molar-refractivity contribution >= 4 is 17.1 Å². The molecular formula is C10H12OS. The van der Waals surface area contributed by atoms with E-state index in [9.17, 15) is 4.79 Å². The number of rotatable bonds is 4. The normalized spacial score (nSPS) is 10.8. The molecule has 0 saturated heterocycles. The van der Waals surface area contributed by atoms with E-state index in [4.69, 9.17) is 0 Å². The van der Waals surface area contributed by atoms with Gasteiger partial charge in [-0.1, -0.05) is 12.1 Å². The Balaban J connectivity index is 2.31. The molecule has 12 heavy (non-hydrogen) atoms. The first kappa shape index (κ1) is 9.20. The zero-order valence-corrected chi connectivity index (χ0v) is 7.93. The Morgan fingerprint density at radius 1 is 1.67 bits per heavy atom. The van der Waals surface area contributed by atoms with E-state index in [1.807, 2.05) is 18.4 Å². The summed E-state index contributed by atoms with van der Waals surface area (Å²) in [5.41, 5.74) is 0. The van der Waals surface area contributed by atoms with Crippen LogP contribution in [0.3, 0.4) is 0 Å². The van der Waals surface area contributed by atoms with Crippen molar-refractivity contribution in [2.75, 3.05) is 0 Å². The molecule has 0 atom stereocenters. The standard InChI is InChI=1S/C10H12OS/c1-2-4-9(11)6-7-10-5-3-8-12-10/h2-5,8H,6-7H2,1H3/b4-2+. The van der Waals surface area contributed by atoms with Crippen molar-refractivity contribution in [1.82, 2.24) is 0 Å². The summed E-state index contributed by atoms with van der Waals surface area (Å²) >= 11 is 1.71. The first-order valence-corrected chi connectivity index (χ1v) is 4.89. The van der Waals surface area contributed by atoms with E-state index in [0.29, 0.717) is 6.42 Å². The number of hydrogen-bond donors (Lipinski definition) is 0. The quantitative estimate of drug-likeness (QED) is 0.651. The lowest BCUT2D eigenvalue weighted by atomic mass is 10.2. The summed E-state index contributed by atoms with van der Waals surface area (Å²) in [6.45, 7) is 1.86. The summed E-state index contributed by atoms with van der Waals surface area (Å²) in [5.74, 6) is 0.214. The molecule has 1 aromatic heterocycles. The van der Waals surface area contributed by atoms with Crippen LogP contribution in [-0.4, -0.2) is 5.78 Å². The Kier molecular flexibility index (Phi) is 3.74. The molecule has 1 rings (SSSR count). The molecule has 0 aromatic carbocycles. The summed E-state index contributed by atoms with van der Waals surface area (Å²) in [6, 6.07) is 4.08. The molecule has 0 aliphatic heterocycles. The highest BCUT2D eigenvalue weighted by molar-refractivity contribution is 7.09. The van der Waals surface area contributed by atoms with Gasteiger partial charge in [0.05, 0.1) is 0 Å². The van der Waals surface area contributed by atoms with Crippen molar-refractivity contribution in [2.45, 2.75) is 19.8 Å². The predicted octanol–water partition coefficient (Wildman–Crippen LogP) is 2.83. The molecule has 0 aliphatic carbocycles. The summed E-state index contributed by atoms with van der Waals surface area (Å²) < 4.78 is 0. The Bertz CT molecular complexity index is 259. The molecule has 0 unspecified atom stereocenters. The van der Waals surface area contributed by atoms with Crippen LogP contribution in [0.2, 0.25) is 0 Å². The second-order valence-electron chi connectivity index (χ2n) is 2.55. The number of allylic oxidation sites excluding steroid dienone is 2. The first-order valence-electron chi connectivity index (χ1n) is 4.01. The number of hydrogen-bond acceptors (Lipinski definition) is 2. The van der Waals surface area contributed by atoms with Gasteiger partial charge in [-0.05, 0) is 30.9 Å². The lowest BCUT2D eigenvalue weighted by molar-refractivity contribution is -0.114. The average molecular weight is 180 g/mol. The van der Waals surface area contributed by atoms with Gasteiger partial charge in [0.15, 0.2) is 5.78 Å². The van der Waals surface area contributed by atoms with Crippen molar-refractivity contribution in [3.8, 4) is 0 Å². The van der Waals surface area contributed by atoms with Gasteiger partial charge in [-0.2, -0.15) is 0 Å². The third-order valence-corrected chi connectivity index (χ3v) is 2.49. The van der Waals surface area contributed by atoms with E-state index in [0.717, 1.165) is 6.42 Å². The molecule has 0 N–H and O–H groups in total. The van der Waals surface area contributed by atoms with Gasteiger partial charge in [0.1, 0.15) is 0 Å². The summed E-state index contributed by atoms with van der Waals surface area (Å²) in [6.07, 6.45) is 4.93. The smallest absolute Gasteiger partial charge is 0.155 e. The minimum Gasteiger partial charge on any atom is -0.295 e. The molecule has 0 fully saturated rings. The maximum Gasteiger partial charge on any atom is 0.155 e. The van der Waals surface area contributed by atoms with Crippen molar-refractivity contribution < 1.29 is 4.79 Å². The molecule has 1 nitrogen and oxygen atoms in total. The SMILES string of the molecule is C/C=C/C(=O)CCc1cccs1. The third kappa shape index (κ3) is 3.01.